The van der Waals surface area contributed by atoms with Gasteiger partial charge in [0.25, 0.3) is 5.69 Å². The first kappa shape index (κ1) is 19.2. The van der Waals surface area contributed by atoms with Crippen molar-refractivity contribution in [2.24, 2.45) is 22.4 Å². The maximum atomic E-state index is 12.4. The lowest BCUT2D eigenvalue weighted by Gasteiger charge is -2.15. The summed E-state index contributed by atoms with van der Waals surface area (Å²) >= 11 is 0. The molecule has 2 aliphatic carbocycles. The number of nitro benzene ring substituents is 1. The van der Waals surface area contributed by atoms with Gasteiger partial charge < -0.3 is 9.15 Å². The summed E-state index contributed by atoms with van der Waals surface area (Å²) in [7, 11) is 1.44. The molecule has 1 N–H and O–H groups in total. The summed E-state index contributed by atoms with van der Waals surface area (Å²) < 4.78 is 11.0. The summed E-state index contributed by atoms with van der Waals surface area (Å²) in [5.74, 6) is 1.80. The molecule has 1 aromatic carbocycles. The zero-order valence-corrected chi connectivity index (χ0v) is 16.4. The number of hydrazone groups is 1. The van der Waals surface area contributed by atoms with E-state index in [2.05, 4.69) is 17.5 Å². The molecule has 0 spiro atoms. The Kier molecular flexibility index (Phi) is 4.86. The second-order valence-electron chi connectivity index (χ2n) is 7.91. The van der Waals surface area contributed by atoms with Crippen LogP contribution >= 0.6 is 0 Å². The van der Waals surface area contributed by atoms with Crippen LogP contribution in [0.4, 0.5) is 5.69 Å². The average Bonchev–Trinajstić information content (AvgIpc) is 3.08. The Morgan fingerprint density at radius 2 is 2.21 bits per heavy atom. The van der Waals surface area contributed by atoms with E-state index in [-0.39, 0.29) is 22.9 Å². The van der Waals surface area contributed by atoms with E-state index in [0.29, 0.717) is 28.8 Å². The number of benzene rings is 1. The molecule has 3 atom stereocenters. The molecule has 8 heteroatoms. The molecule has 1 aromatic heterocycles. The van der Waals surface area contributed by atoms with Gasteiger partial charge in [0.2, 0.25) is 5.91 Å². The van der Waals surface area contributed by atoms with E-state index < -0.39 is 4.92 Å². The quantitative estimate of drug-likeness (QED) is 0.448. The third kappa shape index (κ3) is 3.50. The predicted octanol–water partition coefficient (Wildman–Crippen LogP) is 4.14. The van der Waals surface area contributed by atoms with Crippen LogP contribution in [0.25, 0.3) is 11.3 Å². The van der Waals surface area contributed by atoms with Gasteiger partial charge in [0.05, 0.1) is 29.9 Å². The average molecular weight is 397 g/mol. The maximum absolute atomic E-state index is 12.4. The highest BCUT2D eigenvalue weighted by Gasteiger charge is 2.64. The molecule has 1 heterocycles. The first-order valence-electron chi connectivity index (χ1n) is 9.69. The van der Waals surface area contributed by atoms with Crippen LogP contribution in [-0.2, 0) is 4.79 Å². The lowest BCUT2D eigenvalue weighted by molar-refractivity contribution is -0.384. The Balaban J connectivity index is 1.42. The smallest absolute Gasteiger partial charge is 0.273 e. The molecule has 0 unspecified atom stereocenters. The van der Waals surface area contributed by atoms with Crippen molar-refractivity contribution in [1.82, 2.24) is 5.43 Å². The van der Waals surface area contributed by atoms with Gasteiger partial charge in [-0.1, -0.05) is 19.8 Å². The van der Waals surface area contributed by atoms with Crippen LogP contribution in [-0.4, -0.2) is 24.2 Å². The molecular weight excluding hydrogens is 374 g/mol. The molecule has 0 bridgehead atoms. The fourth-order valence-corrected chi connectivity index (χ4v) is 4.64. The first-order valence-corrected chi connectivity index (χ1v) is 9.69. The van der Waals surface area contributed by atoms with E-state index >= 15 is 0 Å². The number of non-ortho nitro benzene ring substituents is 1. The van der Waals surface area contributed by atoms with Crippen LogP contribution in [0.2, 0.25) is 0 Å². The van der Waals surface area contributed by atoms with Crippen molar-refractivity contribution < 1.29 is 18.9 Å². The number of carbonyl (C=O) groups excluding carboxylic acids is 1. The third-order valence-corrected chi connectivity index (χ3v) is 6.27. The molecule has 4 rings (SSSR count). The molecule has 29 heavy (non-hydrogen) atoms. The summed E-state index contributed by atoms with van der Waals surface area (Å²) in [6.45, 7) is 2.20. The summed E-state index contributed by atoms with van der Waals surface area (Å²) in [6, 6.07) is 7.76. The number of methoxy groups -OCH3 is 1. The normalized spacial score (nSPS) is 25.4. The number of nitro groups is 1. The fourth-order valence-electron chi connectivity index (χ4n) is 4.64. The van der Waals surface area contributed by atoms with E-state index in [1.54, 1.807) is 18.2 Å². The topological polar surface area (TPSA) is 107 Å². The molecule has 0 aliphatic heterocycles. The molecule has 2 saturated carbocycles. The summed E-state index contributed by atoms with van der Waals surface area (Å²) in [5, 5.41) is 15.0. The van der Waals surface area contributed by atoms with Crippen molar-refractivity contribution in [3.63, 3.8) is 0 Å². The van der Waals surface area contributed by atoms with Gasteiger partial charge in [0, 0.05) is 12.0 Å². The summed E-state index contributed by atoms with van der Waals surface area (Å²) in [4.78, 5) is 22.9. The molecule has 1 amide bonds. The molecule has 2 fully saturated rings. The van der Waals surface area contributed by atoms with Gasteiger partial charge in [-0.25, -0.2) is 5.43 Å². The van der Waals surface area contributed by atoms with Crippen molar-refractivity contribution in [3.8, 4) is 17.1 Å². The van der Waals surface area contributed by atoms with Crippen molar-refractivity contribution in [2.75, 3.05) is 7.11 Å². The van der Waals surface area contributed by atoms with Gasteiger partial charge in [-0.2, -0.15) is 5.10 Å². The Labute approximate surface area is 168 Å². The monoisotopic (exact) mass is 397 g/mol. The number of fused-ring (bicyclic) bond motifs is 1. The number of carbonyl (C=O) groups is 1. The number of amides is 1. The Morgan fingerprint density at radius 1 is 1.38 bits per heavy atom. The van der Waals surface area contributed by atoms with Crippen LogP contribution in [0.3, 0.4) is 0 Å². The number of rotatable bonds is 6. The van der Waals surface area contributed by atoms with E-state index in [1.807, 2.05) is 0 Å². The standard InChI is InChI=1S/C21H23N3O5/c1-21-10-4-3-5-16(21)19(21)20(25)23-22-12-14-7-9-17(29-14)15-8-6-13(24(26)27)11-18(15)28-2/h6-9,11-12,16,19H,3-5,10H2,1-2H3,(H,23,25)/b22-12-/t16-,19+,21-/m1/s1. The maximum Gasteiger partial charge on any atom is 0.273 e. The number of hydrogen-bond acceptors (Lipinski definition) is 6. The minimum absolute atomic E-state index is 0.0283. The molecule has 2 aromatic rings. The van der Waals surface area contributed by atoms with Crippen molar-refractivity contribution in [1.29, 1.82) is 0 Å². The fraction of sp³-hybridized carbons (Fsp3) is 0.429. The lowest BCUT2D eigenvalue weighted by Crippen LogP contribution is -2.22. The molecular formula is C21H23N3O5. The van der Waals surface area contributed by atoms with Gasteiger partial charge >= 0.3 is 0 Å². The van der Waals surface area contributed by atoms with E-state index in [4.69, 9.17) is 9.15 Å². The number of nitrogens with one attached hydrogen (secondary N) is 1. The molecule has 8 nitrogen and oxygen atoms in total. The minimum Gasteiger partial charge on any atom is -0.496 e. The predicted molar refractivity (Wildman–Crippen MR) is 107 cm³/mol. The van der Waals surface area contributed by atoms with E-state index in [1.165, 1.54) is 38.3 Å². The Morgan fingerprint density at radius 3 is 2.90 bits per heavy atom. The third-order valence-electron chi connectivity index (χ3n) is 6.27. The largest absolute Gasteiger partial charge is 0.496 e. The zero-order valence-electron chi connectivity index (χ0n) is 16.4. The van der Waals surface area contributed by atoms with Crippen LogP contribution < -0.4 is 10.2 Å². The number of hydrogen-bond donors (Lipinski definition) is 1. The SMILES string of the molecule is COc1cc([N+](=O)[O-])ccc1-c1ccc(/C=N\NC(=O)[C@@H]2[C@H]3CCCC[C@]32C)o1. The van der Waals surface area contributed by atoms with Gasteiger partial charge in [-0.3, -0.25) is 14.9 Å². The Bertz CT molecular complexity index is 982. The van der Waals surface area contributed by atoms with Gasteiger partial charge in [-0.05, 0) is 42.4 Å². The molecule has 2 aliphatic rings. The van der Waals surface area contributed by atoms with Gasteiger partial charge in [0.1, 0.15) is 17.3 Å². The first-order chi connectivity index (χ1) is 13.9. The number of ether oxygens (including phenoxy) is 1. The second-order valence-corrected chi connectivity index (χ2v) is 7.91. The summed E-state index contributed by atoms with van der Waals surface area (Å²) in [5.41, 5.74) is 3.31. The second kappa shape index (κ2) is 7.35. The Hall–Kier alpha value is -3.16. The molecule has 0 saturated heterocycles. The van der Waals surface area contributed by atoms with Crippen molar-refractivity contribution >= 4 is 17.8 Å². The molecule has 0 radical (unpaired) electrons. The van der Waals surface area contributed by atoms with Crippen LogP contribution in [0.15, 0.2) is 39.9 Å². The highest BCUT2D eigenvalue weighted by atomic mass is 16.6. The van der Waals surface area contributed by atoms with Crippen LogP contribution in [0.1, 0.15) is 38.4 Å². The van der Waals surface area contributed by atoms with Crippen molar-refractivity contribution in [2.45, 2.75) is 32.6 Å². The van der Waals surface area contributed by atoms with Crippen molar-refractivity contribution in [3.05, 3.63) is 46.2 Å². The number of nitrogens with zero attached hydrogens (tertiary/aromatic N) is 2. The van der Waals surface area contributed by atoms with E-state index in [9.17, 15) is 14.9 Å². The highest BCUT2D eigenvalue weighted by molar-refractivity contribution is 5.85. The lowest BCUT2D eigenvalue weighted by atomic mass is 9.90. The number of furan rings is 1. The van der Waals surface area contributed by atoms with Gasteiger partial charge in [0.15, 0.2) is 0 Å². The zero-order chi connectivity index (χ0) is 20.6. The van der Waals surface area contributed by atoms with Crippen LogP contribution in [0, 0.1) is 27.4 Å². The minimum atomic E-state index is -0.481. The van der Waals surface area contributed by atoms with E-state index in [0.717, 1.165) is 12.8 Å². The molecule has 152 valence electrons. The summed E-state index contributed by atoms with van der Waals surface area (Å²) in [6.07, 6.45) is 6.08. The highest BCUT2D eigenvalue weighted by Crippen LogP contribution is 2.66. The van der Waals surface area contributed by atoms with Gasteiger partial charge in [-0.15, -0.1) is 0 Å². The van der Waals surface area contributed by atoms with Crippen LogP contribution in [0.5, 0.6) is 5.75 Å².